The van der Waals surface area contributed by atoms with Crippen LogP contribution in [0.5, 0.6) is 11.5 Å². The molecule has 6 heteroatoms. The van der Waals surface area contributed by atoms with E-state index in [0.717, 1.165) is 12.8 Å². The lowest BCUT2D eigenvalue weighted by Gasteiger charge is -2.12. The fraction of sp³-hybridized carbons (Fsp3) is 0.278. The van der Waals surface area contributed by atoms with E-state index in [0.29, 0.717) is 17.1 Å². The van der Waals surface area contributed by atoms with Crippen LogP contribution in [0.15, 0.2) is 48.5 Å². The van der Waals surface area contributed by atoms with Gasteiger partial charge in [0.25, 0.3) is 11.6 Å². The van der Waals surface area contributed by atoms with Crippen LogP contribution in [0, 0.1) is 10.1 Å². The number of amides is 1. The van der Waals surface area contributed by atoms with E-state index < -0.39 is 4.92 Å². The highest BCUT2D eigenvalue weighted by Gasteiger charge is 2.17. The van der Waals surface area contributed by atoms with Crippen molar-refractivity contribution in [1.29, 1.82) is 0 Å². The molecule has 1 N–H and O–H groups in total. The zero-order chi connectivity index (χ0) is 16.9. The van der Waals surface area contributed by atoms with Gasteiger partial charge in [0.2, 0.25) is 0 Å². The van der Waals surface area contributed by atoms with Gasteiger partial charge in [-0.2, -0.15) is 0 Å². The topological polar surface area (TPSA) is 81.5 Å². The molecule has 6 nitrogen and oxygen atoms in total. The molecule has 24 heavy (non-hydrogen) atoms. The van der Waals surface area contributed by atoms with Crippen LogP contribution in [0.2, 0.25) is 0 Å². The lowest BCUT2D eigenvalue weighted by Crippen LogP contribution is -2.32. The average molecular weight is 326 g/mol. The largest absolute Gasteiger partial charge is 0.457 e. The highest BCUT2D eigenvalue weighted by atomic mass is 16.6. The van der Waals surface area contributed by atoms with Crippen molar-refractivity contribution < 1.29 is 14.5 Å². The number of non-ortho nitro benzene ring substituents is 1. The van der Waals surface area contributed by atoms with Crippen LogP contribution in [0.25, 0.3) is 0 Å². The molecular weight excluding hydrogens is 308 g/mol. The SMILES string of the molecule is O=C(NC1CCCC1)c1ccc(Oc2ccc([N+](=O)[O-])cc2)cc1. The molecule has 124 valence electrons. The second-order valence-electron chi connectivity index (χ2n) is 5.83. The number of nitrogens with one attached hydrogen (secondary N) is 1. The summed E-state index contributed by atoms with van der Waals surface area (Å²) in [6.45, 7) is 0. The number of nitro groups is 1. The highest BCUT2D eigenvalue weighted by Crippen LogP contribution is 2.24. The Kier molecular flexibility index (Phi) is 4.74. The van der Waals surface area contributed by atoms with Crippen molar-refractivity contribution >= 4 is 11.6 Å². The number of nitrogens with zero attached hydrogens (tertiary/aromatic N) is 1. The first-order valence-electron chi connectivity index (χ1n) is 7.95. The van der Waals surface area contributed by atoms with Crippen molar-refractivity contribution in [1.82, 2.24) is 5.32 Å². The molecule has 1 aliphatic carbocycles. The van der Waals surface area contributed by atoms with Crippen molar-refractivity contribution in [3.8, 4) is 11.5 Å². The summed E-state index contributed by atoms with van der Waals surface area (Å²) in [5, 5.41) is 13.7. The van der Waals surface area contributed by atoms with Crippen LogP contribution in [-0.4, -0.2) is 16.9 Å². The minimum Gasteiger partial charge on any atom is -0.457 e. The summed E-state index contributed by atoms with van der Waals surface area (Å²) in [6, 6.07) is 13.0. The van der Waals surface area contributed by atoms with Crippen molar-refractivity contribution in [3.63, 3.8) is 0 Å². The standard InChI is InChI=1S/C18H18N2O4/c21-18(19-14-3-1-2-4-14)13-5-9-16(10-6-13)24-17-11-7-15(8-12-17)20(22)23/h5-12,14H,1-4H2,(H,19,21). The van der Waals surface area contributed by atoms with Crippen molar-refractivity contribution in [3.05, 3.63) is 64.2 Å². The number of hydrogen-bond acceptors (Lipinski definition) is 4. The molecule has 2 aromatic carbocycles. The summed E-state index contributed by atoms with van der Waals surface area (Å²) < 4.78 is 5.63. The second-order valence-corrected chi connectivity index (χ2v) is 5.83. The molecule has 1 aliphatic rings. The third kappa shape index (κ3) is 3.90. The van der Waals surface area contributed by atoms with Gasteiger partial charge in [0.15, 0.2) is 0 Å². The molecule has 0 bridgehead atoms. The Bertz CT molecular complexity index is 720. The summed E-state index contributed by atoms with van der Waals surface area (Å²) in [7, 11) is 0. The van der Waals surface area contributed by atoms with Gasteiger partial charge in [-0.3, -0.25) is 14.9 Å². The van der Waals surface area contributed by atoms with Gasteiger partial charge < -0.3 is 10.1 Å². The molecule has 0 spiro atoms. The van der Waals surface area contributed by atoms with E-state index in [1.807, 2.05) is 0 Å². The van der Waals surface area contributed by atoms with Crippen LogP contribution in [0.1, 0.15) is 36.0 Å². The molecule has 0 unspecified atom stereocenters. The van der Waals surface area contributed by atoms with Crippen molar-refractivity contribution in [2.75, 3.05) is 0 Å². The van der Waals surface area contributed by atoms with Gasteiger partial charge >= 0.3 is 0 Å². The van der Waals surface area contributed by atoms with E-state index in [1.54, 1.807) is 36.4 Å². The number of benzene rings is 2. The number of ether oxygens (including phenoxy) is 1. The normalized spacial score (nSPS) is 14.3. The number of hydrogen-bond donors (Lipinski definition) is 1. The zero-order valence-corrected chi connectivity index (χ0v) is 13.1. The minimum atomic E-state index is -0.457. The first kappa shape index (κ1) is 16.0. The number of carbonyl (C=O) groups excluding carboxylic acids is 1. The van der Waals surface area contributed by atoms with Crippen LogP contribution in [0.3, 0.4) is 0 Å². The Morgan fingerprint density at radius 1 is 1.00 bits per heavy atom. The number of nitro benzene ring substituents is 1. The molecule has 1 fully saturated rings. The third-order valence-electron chi connectivity index (χ3n) is 4.09. The predicted molar refractivity (Wildman–Crippen MR) is 89.3 cm³/mol. The maximum atomic E-state index is 12.2. The molecule has 0 aliphatic heterocycles. The van der Waals surface area contributed by atoms with Crippen LogP contribution < -0.4 is 10.1 Å². The predicted octanol–water partition coefficient (Wildman–Crippen LogP) is 4.06. The first-order valence-corrected chi connectivity index (χ1v) is 7.95. The Morgan fingerprint density at radius 3 is 2.08 bits per heavy atom. The van der Waals surface area contributed by atoms with Gasteiger partial charge in [-0.1, -0.05) is 12.8 Å². The maximum absolute atomic E-state index is 12.2. The smallest absolute Gasteiger partial charge is 0.269 e. The van der Waals surface area contributed by atoms with E-state index in [4.69, 9.17) is 4.74 Å². The monoisotopic (exact) mass is 326 g/mol. The first-order chi connectivity index (χ1) is 11.6. The van der Waals surface area contributed by atoms with E-state index in [-0.39, 0.29) is 17.6 Å². The number of carbonyl (C=O) groups is 1. The fourth-order valence-electron chi connectivity index (χ4n) is 2.79. The second kappa shape index (κ2) is 7.12. The summed E-state index contributed by atoms with van der Waals surface area (Å²) in [4.78, 5) is 22.3. The van der Waals surface area contributed by atoms with Crippen LogP contribution >= 0.6 is 0 Å². The molecule has 1 amide bonds. The van der Waals surface area contributed by atoms with Gasteiger partial charge in [-0.15, -0.1) is 0 Å². The van der Waals surface area contributed by atoms with Gasteiger partial charge in [0, 0.05) is 23.7 Å². The molecule has 0 saturated heterocycles. The van der Waals surface area contributed by atoms with Crippen LogP contribution in [0.4, 0.5) is 5.69 Å². The summed E-state index contributed by atoms with van der Waals surface area (Å²) in [5.74, 6) is 1.01. The summed E-state index contributed by atoms with van der Waals surface area (Å²) >= 11 is 0. The van der Waals surface area contributed by atoms with E-state index in [2.05, 4.69) is 5.32 Å². The Balaban J connectivity index is 1.61. The lowest BCUT2D eigenvalue weighted by atomic mass is 10.1. The Morgan fingerprint density at radius 2 is 1.54 bits per heavy atom. The van der Waals surface area contributed by atoms with Gasteiger partial charge in [-0.25, -0.2) is 0 Å². The Labute approximate surface area is 139 Å². The van der Waals surface area contributed by atoms with Gasteiger partial charge in [0.1, 0.15) is 11.5 Å². The summed E-state index contributed by atoms with van der Waals surface area (Å²) in [6.07, 6.45) is 4.44. The molecule has 0 aromatic heterocycles. The molecule has 0 radical (unpaired) electrons. The number of rotatable bonds is 5. The van der Waals surface area contributed by atoms with Crippen molar-refractivity contribution in [2.45, 2.75) is 31.7 Å². The average Bonchev–Trinajstić information content (AvgIpc) is 3.09. The molecule has 0 atom stereocenters. The molecule has 3 rings (SSSR count). The zero-order valence-electron chi connectivity index (χ0n) is 13.1. The lowest BCUT2D eigenvalue weighted by molar-refractivity contribution is -0.384. The molecular formula is C18H18N2O4. The summed E-state index contributed by atoms with van der Waals surface area (Å²) in [5.41, 5.74) is 0.610. The minimum absolute atomic E-state index is 0.0151. The van der Waals surface area contributed by atoms with E-state index in [9.17, 15) is 14.9 Å². The quantitative estimate of drug-likeness (QED) is 0.663. The van der Waals surface area contributed by atoms with E-state index in [1.165, 1.54) is 25.0 Å². The Hall–Kier alpha value is -2.89. The molecule has 1 saturated carbocycles. The molecule has 0 heterocycles. The van der Waals surface area contributed by atoms with E-state index >= 15 is 0 Å². The third-order valence-corrected chi connectivity index (χ3v) is 4.09. The molecule has 2 aromatic rings. The highest BCUT2D eigenvalue weighted by molar-refractivity contribution is 5.94. The van der Waals surface area contributed by atoms with Crippen molar-refractivity contribution in [2.24, 2.45) is 0 Å². The maximum Gasteiger partial charge on any atom is 0.269 e. The van der Waals surface area contributed by atoms with Gasteiger partial charge in [-0.05, 0) is 49.2 Å². The van der Waals surface area contributed by atoms with Gasteiger partial charge in [0.05, 0.1) is 4.92 Å². The fourth-order valence-corrected chi connectivity index (χ4v) is 2.79. The van der Waals surface area contributed by atoms with Crippen LogP contribution in [-0.2, 0) is 0 Å².